The summed E-state index contributed by atoms with van der Waals surface area (Å²) in [7, 11) is 0. The Kier molecular flexibility index (Phi) is 3.89. The van der Waals surface area contributed by atoms with Crippen LogP contribution in [0.25, 0.3) is 0 Å². The van der Waals surface area contributed by atoms with E-state index in [2.05, 4.69) is 18.2 Å². The minimum Gasteiger partial charge on any atom is -0.458 e. The Morgan fingerprint density at radius 1 is 1.27 bits per heavy atom. The molecule has 0 aliphatic carbocycles. The largest absolute Gasteiger partial charge is 0.458 e. The van der Waals surface area contributed by atoms with Crippen molar-refractivity contribution in [3.8, 4) is 0 Å². The first-order chi connectivity index (χ1) is 7.02. The van der Waals surface area contributed by atoms with Crippen LogP contribution in [-0.2, 0) is 9.53 Å². The van der Waals surface area contributed by atoms with Gasteiger partial charge < -0.3 is 4.74 Å². The lowest BCUT2D eigenvalue weighted by molar-refractivity contribution is -0.148. The summed E-state index contributed by atoms with van der Waals surface area (Å²) in [4.78, 5) is 11.1. The molecule has 0 radical (unpaired) electrons. The van der Waals surface area contributed by atoms with E-state index in [1.165, 1.54) is 11.1 Å². The highest BCUT2D eigenvalue weighted by atomic mass is 16.5. The molecule has 2 nitrogen and oxygen atoms in total. The zero-order valence-electron chi connectivity index (χ0n) is 9.83. The van der Waals surface area contributed by atoms with Gasteiger partial charge in [0.2, 0.25) is 0 Å². The van der Waals surface area contributed by atoms with E-state index in [0.717, 1.165) is 5.56 Å². The normalized spacial score (nSPS) is 12.3. The van der Waals surface area contributed by atoms with Gasteiger partial charge in [0.05, 0.1) is 0 Å². The van der Waals surface area contributed by atoms with Crippen molar-refractivity contribution in [2.24, 2.45) is 0 Å². The van der Waals surface area contributed by atoms with Crippen LogP contribution in [0.5, 0.6) is 0 Å². The summed E-state index contributed by atoms with van der Waals surface area (Å²) >= 11 is 0. The molecule has 0 spiro atoms. The van der Waals surface area contributed by atoms with E-state index in [-0.39, 0.29) is 12.1 Å². The van der Waals surface area contributed by atoms with Crippen LogP contribution in [0.1, 0.15) is 43.1 Å². The maximum absolute atomic E-state index is 11.1. The van der Waals surface area contributed by atoms with Crippen molar-refractivity contribution in [1.82, 2.24) is 0 Å². The number of hydrogen-bond acceptors (Lipinski definition) is 2. The van der Waals surface area contributed by atoms with E-state index >= 15 is 0 Å². The minimum atomic E-state index is -0.156. The third-order valence-electron chi connectivity index (χ3n) is 2.31. The Morgan fingerprint density at radius 2 is 1.80 bits per heavy atom. The van der Waals surface area contributed by atoms with Crippen molar-refractivity contribution in [2.75, 3.05) is 0 Å². The molecule has 1 atom stereocenters. The molecule has 0 saturated heterocycles. The Hall–Kier alpha value is -1.31. The predicted octanol–water partition coefficient (Wildman–Crippen LogP) is 3.32. The summed E-state index contributed by atoms with van der Waals surface area (Å²) in [5, 5.41) is 0. The molecule has 0 heterocycles. The zero-order chi connectivity index (χ0) is 11.4. The Labute approximate surface area is 91.3 Å². The minimum absolute atomic E-state index is 0.151. The lowest BCUT2D eigenvalue weighted by atomic mass is 10.0. The number of carbonyl (C=O) groups is 1. The molecule has 1 aromatic rings. The molecule has 1 rings (SSSR count). The Morgan fingerprint density at radius 3 is 2.27 bits per heavy atom. The lowest BCUT2D eigenvalue weighted by Gasteiger charge is -2.14. The highest BCUT2D eigenvalue weighted by molar-refractivity contribution is 5.69. The number of esters is 1. The van der Waals surface area contributed by atoms with E-state index < -0.39 is 0 Å². The second kappa shape index (κ2) is 4.96. The fourth-order valence-corrected chi connectivity index (χ4v) is 1.59. The molecule has 0 amide bonds. The van der Waals surface area contributed by atoms with Crippen molar-refractivity contribution in [2.45, 2.75) is 40.2 Å². The molecule has 2 heteroatoms. The van der Waals surface area contributed by atoms with Crippen LogP contribution in [0.2, 0.25) is 0 Å². The Bertz CT molecular complexity index is 335. The zero-order valence-corrected chi connectivity index (χ0v) is 9.83. The molecular formula is C13H18O2. The van der Waals surface area contributed by atoms with Gasteiger partial charge in [0, 0.05) is 6.42 Å². The SMILES string of the molecule is CCC(=O)O[C@H](C)c1cc(C)cc(C)c1. The van der Waals surface area contributed by atoms with Crippen molar-refractivity contribution in [3.63, 3.8) is 0 Å². The summed E-state index contributed by atoms with van der Waals surface area (Å²) < 4.78 is 5.26. The second-order valence-corrected chi connectivity index (χ2v) is 3.91. The molecule has 0 bridgehead atoms. The average molecular weight is 206 g/mol. The molecule has 0 saturated carbocycles. The van der Waals surface area contributed by atoms with Gasteiger partial charge in [0.25, 0.3) is 0 Å². The van der Waals surface area contributed by atoms with Crippen LogP contribution >= 0.6 is 0 Å². The van der Waals surface area contributed by atoms with E-state index in [4.69, 9.17) is 4.74 Å². The molecule has 0 aromatic heterocycles. The van der Waals surface area contributed by atoms with Crippen molar-refractivity contribution in [1.29, 1.82) is 0 Å². The summed E-state index contributed by atoms with van der Waals surface area (Å²) in [6, 6.07) is 6.22. The number of hydrogen-bond donors (Lipinski definition) is 0. The van der Waals surface area contributed by atoms with Crippen molar-refractivity contribution >= 4 is 5.97 Å². The molecule has 0 aliphatic heterocycles. The van der Waals surface area contributed by atoms with Crippen LogP contribution in [-0.4, -0.2) is 5.97 Å². The molecule has 0 N–H and O–H groups in total. The van der Waals surface area contributed by atoms with Gasteiger partial charge in [0.1, 0.15) is 6.10 Å². The van der Waals surface area contributed by atoms with E-state index in [1.54, 1.807) is 6.92 Å². The molecule has 82 valence electrons. The van der Waals surface area contributed by atoms with Crippen LogP contribution in [0.3, 0.4) is 0 Å². The first-order valence-corrected chi connectivity index (χ1v) is 5.30. The lowest BCUT2D eigenvalue weighted by Crippen LogP contribution is -2.07. The van der Waals surface area contributed by atoms with Gasteiger partial charge in [-0.25, -0.2) is 0 Å². The number of benzene rings is 1. The number of rotatable bonds is 3. The number of carbonyl (C=O) groups excluding carboxylic acids is 1. The smallest absolute Gasteiger partial charge is 0.306 e. The standard InChI is InChI=1S/C13H18O2/c1-5-13(14)15-11(4)12-7-9(2)6-10(3)8-12/h6-8,11H,5H2,1-4H3/t11-/m1/s1. The monoisotopic (exact) mass is 206 g/mol. The molecule has 1 aromatic carbocycles. The summed E-state index contributed by atoms with van der Waals surface area (Å²) in [6.07, 6.45) is 0.269. The van der Waals surface area contributed by atoms with Gasteiger partial charge in [0.15, 0.2) is 0 Å². The van der Waals surface area contributed by atoms with Gasteiger partial charge in [-0.05, 0) is 26.3 Å². The highest BCUT2D eigenvalue weighted by Gasteiger charge is 2.10. The first-order valence-electron chi connectivity index (χ1n) is 5.30. The van der Waals surface area contributed by atoms with Gasteiger partial charge in [-0.2, -0.15) is 0 Å². The van der Waals surface area contributed by atoms with E-state index in [9.17, 15) is 4.79 Å². The van der Waals surface area contributed by atoms with Gasteiger partial charge in [-0.3, -0.25) is 4.79 Å². The quantitative estimate of drug-likeness (QED) is 0.709. The molecular weight excluding hydrogens is 188 g/mol. The van der Waals surface area contributed by atoms with E-state index in [0.29, 0.717) is 6.42 Å². The maximum atomic E-state index is 11.1. The molecule has 0 unspecified atom stereocenters. The molecule has 0 aliphatic rings. The average Bonchev–Trinajstić information content (AvgIpc) is 2.16. The summed E-state index contributed by atoms with van der Waals surface area (Å²) in [5.74, 6) is -0.151. The van der Waals surface area contributed by atoms with Crippen molar-refractivity contribution in [3.05, 3.63) is 34.9 Å². The van der Waals surface area contributed by atoms with E-state index in [1.807, 2.05) is 20.8 Å². The van der Waals surface area contributed by atoms with Crippen molar-refractivity contribution < 1.29 is 9.53 Å². The van der Waals surface area contributed by atoms with Crippen LogP contribution < -0.4 is 0 Å². The predicted molar refractivity (Wildman–Crippen MR) is 60.7 cm³/mol. The molecule has 15 heavy (non-hydrogen) atoms. The fourth-order valence-electron chi connectivity index (χ4n) is 1.59. The van der Waals surface area contributed by atoms with Crippen LogP contribution in [0.15, 0.2) is 18.2 Å². The van der Waals surface area contributed by atoms with Gasteiger partial charge in [-0.1, -0.05) is 36.2 Å². The van der Waals surface area contributed by atoms with Gasteiger partial charge >= 0.3 is 5.97 Å². The summed E-state index contributed by atoms with van der Waals surface area (Å²) in [6.45, 7) is 7.80. The van der Waals surface area contributed by atoms with Crippen LogP contribution in [0, 0.1) is 13.8 Å². The number of ether oxygens (including phenoxy) is 1. The van der Waals surface area contributed by atoms with Crippen LogP contribution in [0.4, 0.5) is 0 Å². The van der Waals surface area contributed by atoms with Gasteiger partial charge in [-0.15, -0.1) is 0 Å². The molecule has 0 fully saturated rings. The second-order valence-electron chi connectivity index (χ2n) is 3.91. The highest BCUT2D eigenvalue weighted by Crippen LogP contribution is 2.20. The third-order valence-corrected chi connectivity index (χ3v) is 2.31. The fraction of sp³-hybridized carbons (Fsp3) is 0.462. The number of aryl methyl sites for hydroxylation is 2. The third kappa shape index (κ3) is 3.39. The topological polar surface area (TPSA) is 26.3 Å². The summed E-state index contributed by atoms with van der Waals surface area (Å²) in [5.41, 5.74) is 3.46. The Balaban J connectivity index is 2.81. The maximum Gasteiger partial charge on any atom is 0.306 e. The first kappa shape index (κ1) is 11.8.